The number of allylic oxidation sites excluding steroid dienone is 8. The van der Waals surface area contributed by atoms with Crippen LogP contribution in [0.15, 0.2) is 59.1 Å². The number of rotatable bonds is 4. The molecule has 0 saturated carbocycles. The molecule has 0 heterocycles. The maximum absolute atomic E-state index is 10.5. The maximum Gasteiger partial charge on any atom is 0.238 e. The summed E-state index contributed by atoms with van der Waals surface area (Å²) in [5.41, 5.74) is 1.19. The Morgan fingerprint density at radius 1 is 0.900 bits per heavy atom. The maximum atomic E-state index is 10.5. The summed E-state index contributed by atoms with van der Waals surface area (Å²) < 4.78 is 11.2. The van der Waals surface area contributed by atoms with E-state index in [0.29, 0.717) is 35.5 Å². The Balaban J connectivity index is 1.87. The Morgan fingerprint density at radius 3 is 1.65 bits per heavy atom. The Kier molecular flexibility index (Phi) is 4.56. The van der Waals surface area contributed by atoms with Crippen LogP contribution in [0.5, 0.6) is 0 Å². The van der Waals surface area contributed by atoms with Crippen molar-refractivity contribution in [2.45, 2.75) is 26.1 Å². The third-order valence-corrected chi connectivity index (χ3v) is 2.81. The fourth-order valence-corrected chi connectivity index (χ4v) is 1.79. The number of ether oxygens (including phenoxy) is 2. The van der Waals surface area contributed by atoms with Gasteiger partial charge < -0.3 is 9.47 Å². The molecule has 0 aromatic rings. The molecule has 4 nitrogen and oxygen atoms in total. The van der Waals surface area contributed by atoms with E-state index in [0.717, 1.165) is 0 Å². The molecule has 0 spiro atoms. The molecule has 0 radical (unpaired) electrons. The zero-order valence-electron chi connectivity index (χ0n) is 11.1. The van der Waals surface area contributed by atoms with Gasteiger partial charge in [-0.25, -0.2) is 9.59 Å². The van der Waals surface area contributed by atoms with E-state index in [2.05, 4.69) is 0 Å². The summed E-state index contributed by atoms with van der Waals surface area (Å²) in [6, 6.07) is 0. The summed E-state index contributed by atoms with van der Waals surface area (Å²) >= 11 is 0. The molecule has 2 rings (SSSR count). The van der Waals surface area contributed by atoms with E-state index < -0.39 is 6.29 Å². The van der Waals surface area contributed by atoms with Gasteiger partial charge in [0.25, 0.3) is 0 Å². The van der Waals surface area contributed by atoms with Crippen LogP contribution in [0.2, 0.25) is 0 Å². The van der Waals surface area contributed by atoms with E-state index >= 15 is 0 Å². The summed E-state index contributed by atoms with van der Waals surface area (Å²) in [6.07, 6.45) is 10.9. The molecule has 2 aliphatic carbocycles. The average Bonchev–Trinajstić information content (AvgIpc) is 2.49. The third-order valence-electron chi connectivity index (χ3n) is 2.81. The van der Waals surface area contributed by atoms with Crippen LogP contribution in [-0.2, 0) is 19.1 Å². The fraction of sp³-hybridized carbons (Fsp3) is 0.250. The molecular weight excluding hydrogens is 256 g/mol. The molecule has 102 valence electrons. The molecule has 0 bridgehead atoms. The van der Waals surface area contributed by atoms with Gasteiger partial charge in [-0.05, 0) is 36.5 Å². The first kappa shape index (κ1) is 13.9. The molecule has 4 heteroatoms. The lowest BCUT2D eigenvalue weighted by atomic mass is 10.1. The van der Waals surface area contributed by atoms with Crippen molar-refractivity contribution < 1.29 is 19.1 Å². The van der Waals surface area contributed by atoms with E-state index in [1.54, 1.807) is 43.4 Å². The molecule has 0 saturated heterocycles. The Labute approximate surface area is 117 Å². The standard InChI is InChI=1S/C16H14O4/c1-12(19-15-6-2-13(10-17)3-7-15)20-16-8-4-14(11-18)5-9-16/h2,4,6-9,12H,3,5H2,1H3. The molecule has 0 amide bonds. The molecule has 0 aliphatic heterocycles. The smallest absolute Gasteiger partial charge is 0.238 e. The van der Waals surface area contributed by atoms with Gasteiger partial charge >= 0.3 is 0 Å². The first-order chi connectivity index (χ1) is 9.71. The van der Waals surface area contributed by atoms with Gasteiger partial charge in [-0.1, -0.05) is 0 Å². The van der Waals surface area contributed by atoms with Crippen molar-refractivity contribution in [1.82, 2.24) is 0 Å². The van der Waals surface area contributed by atoms with Gasteiger partial charge in [-0.2, -0.15) is 0 Å². The Hall–Kier alpha value is -2.54. The summed E-state index contributed by atoms with van der Waals surface area (Å²) in [4.78, 5) is 20.9. The minimum absolute atomic E-state index is 0.467. The van der Waals surface area contributed by atoms with Crippen LogP contribution < -0.4 is 0 Å². The highest BCUT2D eigenvalue weighted by Crippen LogP contribution is 2.19. The number of hydrogen-bond donors (Lipinski definition) is 0. The molecular formula is C16H14O4. The summed E-state index contributed by atoms with van der Waals surface area (Å²) in [7, 11) is 0. The summed E-state index contributed by atoms with van der Waals surface area (Å²) in [5, 5.41) is 0. The fourth-order valence-electron chi connectivity index (χ4n) is 1.79. The van der Waals surface area contributed by atoms with Gasteiger partial charge in [0.05, 0.1) is 0 Å². The largest absolute Gasteiger partial charge is 0.456 e. The predicted octanol–water partition coefficient (Wildman–Crippen LogP) is 2.57. The highest BCUT2D eigenvalue weighted by molar-refractivity contribution is 5.60. The predicted molar refractivity (Wildman–Crippen MR) is 73.7 cm³/mol. The van der Waals surface area contributed by atoms with Crippen molar-refractivity contribution in [3.8, 4) is 0 Å². The van der Waals surface area contributed by atoms with Crippen LogP contribution in [0.4, 0.5) is 0 Å². The van der Waals surface area contributed by atoms with Gasteiger partial charge in [0.1, 0.15) is 23.4 Å². The highest BCUT2D eigenvalue weighted by Gasteiger charge is 2.11. The van der Waals surface area contributed by atoms with Crippen LogP contribution in [0.1, 0.15) is 19.8 Å². The van der Waals surface area contributed by atoms with E-state index in [1.165, 1.54) is 0 Å². The normalized spacial score (nSPS) is 18.6. The average molecular weight is 270 g/mol. The number of carbonyl (C=O) groups excluding carboxylic acids is 2. The molecule has 0 fully saturated rings. The van der Waals surface area contributed by atoms with Gasteiger partial charge in [0, 0.05) is 30.9 Å². The van der Waals surface area contributed by atoms with Crippen molar-refractivity contribution in [2.24, 2.45) is 0 Å². The van der Waals surface area contributed by atoms with Crippen molar-refractivity contribution in [3.63, 3.8) is 0 Å². The molecule has 0 atom stereocenters. The summed E-state index contributed by atoms with van der Waals surface area (Å²) in [5.74, 6) is 5.01. The van der Waals surface area contributed by atoms with Gasteiger partial charge in [0.2, 0.25) is 6.29 Å². The van der Waals surface area contributed by atoms with Crippen molar-refractivity contribution >= 4 is 11.9 Å². The second-order valence-corrected chi connectivity index (χ2v) is 4.35. The van der Waals surface area contributed by atoms with Crippen LogP contribution in [0, 0.1) is 0 Å². The lowest BCUT2D eigenvalue weighted by molar-refractivity contribution is -0.0647. The van der Waals surface area contributed by atoms with Gasteiger partial charge in [0.15, 0.2) is 0 Å². The van der Waals surface area contributed by atoms with E-state index in [9.17, 15) is 9.59 Å². The molecule has 2 aliphatic rings. The lowest BCUT2D eigenvalue weighted by Gasteiger charge is -2.20. The zero-order valence-corrected chi connectivity index (χ0v) is 11.1. The van der Waals surface area contributed by atoms with E-state index in [1.807, 2.05) is 11.9 Å². The minimum atomic E-state index is -0.467. The highest BCUT2D eigenvalue weighted by atomic mass is 16.7. The second kappa shape index (κ2) is 6.58. The molecule has 0 unspecified atom stereocenters. The Bertz CT molecular complexity index is 552. The molecule has 0 aromatic carbocycles. The molecule has 20 heavy (non-hydrogen) atoms. The van der Waals surface area contributed by atoms with E-state index in [-0.39, 0.29) is 0 Å². The van der Waals surface area contributed by atoms with Crippen LogP contribution >= 0.6 is 0 Å². The second-order valence-electron chi connectivity index (χ2n) is 4.35. The Morgan fingerprint density at radius 2 is 1.35 bits per heavy atom. The first-order valence-corrected chi connectivity index (χ1v) is 6.29. The summed E-state index contributed by atoms with van der Waals surface area (Å²) in [6.45, 7) is 1.78. The van der Waals surface area contributed by atoms with Gasteiger partial charge in [-0.15, -0.1) is 0 Å². The first-order valence-electron chi connectivity index (χ1n) is 6.29. The number of hydrogen-bond acceptors (Lipinski definition) is 4. The lowest BCUT2D eigenvalue weighted by Crippen LogP contribution is -2.12. The molecule has 0 aromatic heterocycles. The SMILES string of the molecule is CC(OC1=CCC(=C=O)C=C1)OC1=CCC(=C=O)C=C1. The minimum Gasteiger partial charge on any atom is -0.456 e. The topological polar surface area (TPSA) is 52.6 Å². The van der Waals surface area contributed by atoms with Crippen molar-refractivity contribution in [1.29, 1.82) is 0 Å². The van der Waals surface area contributed by atoms with Crippen LogP contribution in [0.25, 0.3) is 0 Å². The third kappa shape index (κ3) is 3.72. The molecule has 0 N–H and O–H groups in total. The van der Waals surface area contributed by atoms with Crippen LogP contribution in [-0.4, -0.2) is 18.2 Å². The van der Waals surface area contributed by atoms with Gasteiger partial charge in [-0.3, -0.25) is 0 Å². The monoisotopic (exact) mass is 270 g/mol. The van der Waals surface area contributed by atoms with Crippen molar-refractivity contribution in [3.05, 3.63) is 59.1 Å². The van der Waals surface area contributed by atoms with Crippen molar-refractivity contribution in [2.75, 3.05) is 0 Å². The zero-order chi connectivity index (χ0) is 14.4. The van der Waals surface area contributed by atoms with E-state index in [4.69, 9.17) is 9.47 Å². The van der Waals surface area contributed by atoms with Crippen LogP contribution in [0.3, 0.4) is 0 Å². The quantitative estimate of drug-likeness (QED) is 0.582.